The number of aryl methyl sites for hydroxylation is 1. The summed E-state index contributed by atoms with van der Waals surface area (Å²) in [5.74, 6) is 0. The fraction of sp³-hybridized carbons (Fsp3) is 0.235. The number of anilines is 1. The first-order chi connectivity index (χ1) is 10.7. The van der Waals surface area contributed by atoms with Gasteiger partial charge in [0.15, 0.2) is 0 Å². The summed E-state index contributed by atoms with van der Waals surface area (Å²) >= 11 is 5.93. The third kappa shape index (κ3) is 3.24. The van der Waals surface area contributed by atoms with Crippen molar-refractivity contribution >= 4 is 28.2 Å². The van der Waals surface area contributed by atoms with Gasteiger partial charge in [0.25, 0.3) is 0 Å². The third-order valence-corrected chi connectivity index (χ3v) is 3.88. The van der Waals surface area contributed by atoms with Gasteiger partial charge in [0.2, 0.25) is 0 Å². The zero-order valence-electron chi connectivity index (χ0n) is 12.4. The summed E-state index contributed by atoms with van der Waals surface area (Å²) < 4.78 is 1.81. The molecule has 4 nitrogen and oxygen atoms in total. The van der Waals surface area contributed by atoms with Crippen LogP contribution in [0.3, 0.4) is 0 Å². The number of rotatable bonds is 5. The minimum Gasteiger partial charge on any atom is -0.395 e. The summed E-state index contributed by atoms with van der Waals surface area (Å²) in [6, 6.07) is 14.0. The van der Waals surface area contributed by atoms with Crippen LogP contribution in [0.15, 0.2) is 48.7 Å². The Hall–Kier alpha value is -2.04. The highest BCUT2D eigenvalue weighted by Gasteiger charge is 2.09. The molecule has 0 spiro atoms. The molecule has 0 saturated heterocycles. The van der Waals surface area contributed by atoms with E-state index in [-0.39, 0.29) is 6.61 Å². The predicted octanol–water partition coefficient (Wildman–Crippen LogP) is 3.23. The molecule has 0 atom stereocenters. The Kier molecular flexibility index (Phi) is 4.32. The topological polar surface area (TPSA) is 41.3 Å². The van der Waals surface area contributed by atoms with Gasteiger partial charge in [-0.3, -0.25) is 4.68 Å². The minimum atomic E-state index is 0.110. The van der Waals surface area contributed by atoms with Crippen LogP contribution >= 0.6 is 11.6 Å². The average Bonchev–Trinajstić information content (AvgIpc) is 2.88. The molecule has 0 unspecified atom stereocenters. The van der Waals surface area contributed by atoms with E-state index < -0.39 is 0 Å². The molecule has 0 radical (unpaired) electrons. The summed E-state index contributed by atoms with van der Waals surface area (Å²) in [6.07, 6.45) is 2.00. The highest BCUT2D eigenvalue weighted by molar-refractivity contribution is 6.30. The van der Waals surface area contributed by atoms with Gasteiger partial charge in [0, 0.05) is 42.4 Å². The van der Waals surface area contributed by atoms with E-state index in [0.29, 0.717) is 6.54 Å². The monoisotopic (exact) mass is 315 g/mol. The van der Waals surface area contributed by atoms with Gasteiger partial charge in [-0.25, -0.2) is 0 Å². The maximum atomic E-state index is 9.36. The smallest absolute Gasteiger partial charge is 0.0924 e. The predicted molar refractivity (Wildman–Crippen MR) is 90.3 cm³/mol. The van der Waals surface area contributed by atoms with Gasteiger partial charge >= 0.3 is 0 Å². The molecule has 0 aliphatic carbocycles. The van der Waals surface area contributed by atoms with E-state index in [1.165, 1.54) is 0 Å². The number of aliphatic hydroxyl groups excluding tert-OH is 1. The van der Waals surface area contributed by atoms with E-state index in [1.807, 2.05) is 54.3 Å². The van der Waals surface area contributed by atoms with Crippen molar-refractivity contribution < 1.29 is 5.11 Å². The Balaban J connectivity index is 1.89. The molecule has 3 aromatic rings. The van der Waals surface area contributed by atoms with E-state index in [0.717, 1.165) is 33.7 Å². The molecular weight excluding hydrogens is 298 g/mol. The highest BCUT2D eigenvalue weighted by Crippen LogP contribution is 2.23. The van der Waals surface area contributed by atoms with Crippen molar-refractivity contribution in [3.63, 3.8) is 0 Å². The second-order valence-corrected chi connectivity index (χ2v) is 5.75. The Labute approximate surface area is 134 Å². The van der Waals surface area contributed by atoms with Gasteiger partial charge in [-0.15, -0.1) is 0 Å². The normalized spacial score (nSPS) is 11.0. The highest BCUT2D eigenvalue weighted by atomic mass is 35.5. The molecule has 5 heteroatoms. The van der Waals surface area contributed by atoms with Crippen LogP contribution < -0.4 is 4.90 Å². The minimum absolute atomic E-state index is 0.110. The zero-order valence-corrected chi connectivity index (χ0v) is 13.2. The maximum Gasteiger partial charge on any atom is 0.0924 e. The number of hydrogen-bond donors (Lipinski definition) is 1. The molecule has 3 rings (SSSR count). The van der Waals surface area contributed by atoms with E-state index in [9.17, 15) is 5.11 Å². The lowest BCUT2D eigenvalue weighted by molar-refractivity contribution is 0.301. The van der Waals surface area contributed by atoms with Crippen molar-refractivity contribution in [2.24, 2.45) is 7.05 Å². The number of aromatic nitrogens is 2. The van der Waals surface area contributed by atoms with Crippen LogP contribution in [0.2, 0.25) is 5.02 Å². The standard InChI is InChI=1S/C17H18ClN3O/c1-20-12-14-10-16(6-7-17(14)19-20)21(8-9-22)11-13-2-4-15(18)5-3-13/h2-7,10,12,22H,8-9,11H2,1H3. The second-order valence-electron chi connectivity index (χ2n) is 5.32. The number of halogens is 1. The SMILES string of the molecule is Cn1cc2cc(N(CCO)Cc3ccc(Cl)cc3)ccc2n1. The molecule has 0 aliphatic rings. The Bertz CT molecular complexity index is 767. The molecule has 22 heavy (non-hydrogen) atoms. The molecule has 1 aromatic heterocycles. The lowest BCUT2D eigenvalue weighted by atomic mass is 10.1. The number of aliphatic hydroxyl groups is 1. The molecule has 0 bridgehead atoms. The molecule has 0 saturated carbocycles. The fourth-order valence-corrected chi connectivity index (χ4v) is 2.69. The van der Waals surface area contributed by atoms with Crippen LogP contribution in [0, 0.1) is 0 Å². The van der Waals surface area contributed by atoms with E-state index in [4.69, 9.17) is 11.6 Å². The van der Waals surface area contributed by atoms with Crippen molar-refractivity contribution in [3.05, 3.63) is 59.2 Å². The zero-order chi connectivity index (χ0) is 15.5. The first-order valence-electron chi connectivity index (χ1n) is 7.19. The van der Waals surface area contributed by atoms with Crippen molar-refractivity contribution in [1.82, 2.24) is 9.78 Å². The molecule has 1 heterocycles. The number of hydrogen-bond acceptors (Lipinski definition) is 3. The van der Waals surface area contributed by atoms with Gasteiger partial charge in [0.1, 0.15) is 0 Å². The Morgan fingerprint density at radius 3 is 2.68 bits per heavy atom. The van der Waals surface area contributed by atoms with Crippen LogP contribution in [-0.4, -0.2) is 28.0 Å². The van der Waals surface area contributed by atoms with Gasteiger partial charge in [0.05, 0.1) is 12.1 Å². The lowest BCUT2D eigenvalue weighted by Crippen LogP contribution is -2.26. The summed E-state index contributed by atoms with van der Waals surface area (Å²) in [7, 11) is 1.92. The molecule has 1 N–H and O–H groups in total. The molecule has 0 fully saturated rings. The Morgan fingerprint density at radius 1 is 1.18 bits per heavy atom. The fourth-order valence-electron chi connectivity index (χ4n) is 2.56. The first-order valence-corrected chi connectivity index (χ1v) is 7.57. The number of nitrogens with zero attached hydrogens (tertiary/aromatic N) is 3. The van der Waals surface area contributed by atoms with Gasteiger partial charge in [-0.05, 0) is 35.9 Å². The molecule has 2 aromatic carbocycles. The van der Waals surface area contributed by atoms with Crippen LogP contribution in [0.1, 0.15) is 5.56 Å². The summed E-state index contributed by atoms with van der Waals surface area (Å²) in [5, 5.41) is 15.6. The molecule has 0 aliphatic heterocycles. The largest absolute Gasteiger partial charge is 0.395 e. The van der Waals surface area contributed by atoms with Gasteiger partial charge in [-0.1, -0.05) is 23.7 Å². The van der Waals surface area contributed by atoms with Crippen LogP contribution in [0.5, 0.6) is 0 Å². The molecule has 0 amide bonds. The molecular formula is C17H18ClN3O. The van der Waals surface area contributed by atoms with Crippen molar-refractivity contribution in [2.75, 3.05) is 18.1 Å². The molecule has 114 valence electrons. The Morgan fingerprint density at radius 2 is 1.95 bits per heavy atom. The van der Waals surface area contributed by atoms with E-state index in [2.05, 4.69) is 16.1 Å². The maximum absolute atomic E-state index is 9.36. The number of benzene rings is 2. The first kappa shape index (κ1) is 14.9. The van der Waals surface area contributed by atoms with Crippen molar-refractivity contribution in [2.45, 2.75) is 6.54 Å². The van der Waals surface area contributed by atoms with Crippen LogP contribution in [-0.2, 0) is 13.6 Å². The van der Waals surface area contributed by atoms with Gasteiger partial charge < -0.3 is 10.0 Å². The van der Waals surface area contributed by atoms with E-state index in [1.54, 1.807) is 0 Å². The van der Waals surface area contributed by atoms with E-state index >= 15 is 0 Å². The van der Waals surface area contributed by atoms with Crippen molar-refractivity contribution in [1.29, 1.82) is 0 Å². The summed E-state index contributed by atoms with van der Waals surface area (Å²) in [6.45, 7) is 1.41. The average molecular weight is 316 g/mol. The second kappa shape index (κ2) is 6.38. The number of fused-ring (bicyclic) bond motifs is 1. The van der Waals surface area contributed by atoms with Crippen molar-refractivity contribution in [3.8, 4) is 0 Å². The summed E-state index contributed by atoms with van der Waals surface area (Å²) in [5.41, 5.74) is 3.20. The van der Waals surface area contributed by atoms with Crippen LogP contribution in [0.25, 0.3) is 10.9 Å². The van der Waals surface area contributed by atoms with Gasteiger partial charge in [-0.2, -0.15) is 5.10 Å². The third-order valence-electron chi connectivity index (χ3n) is 3.62. The van der Waals surface area contributed by atoms with Crippen LogP contribution in [0.4, 0.5) is 5.69 Å². The quantitative estimate of drug-likeness (QED) is 0.786. The summed E-state index contributed by atoms with van der Waals surface area (Å²) in [4.78, 5) is 2.15. The lowest BCUT2D eigenvalue weighted by Gasteiger charge is -2.24.